The van der Waals surface area contributed by atoms with Crippen LogP contribution in [0.25, 0.3) is 0 Å². The summed E-state index contributed by atoms with van der Waals surface area (Å²) in [7, 11) is 2.07. The lowest BCUT2D eigenvalue weighted by atomic mass is 9.98. The topological polar surface area (TPSA) is 32.3 Å². The van der Waals surface area contributed by atoms with Crippen molar-refractivity contribution in [2.24, 2.45) is 5.92 Å². The molecule has 1 atom stereocenters. The van der Waals surface area contributed by atoms with Crippen LogP contribution in [0.5, 0.6) is 0 Å². The summed E-state index contributed by atoms with van der Waals surface area (Å²) in [5.74, 6) is 2.05. The van der Waals surface area contributed by atoms with E-state index in [0.717, 1.165) is 43.0 Å². The van der Waals surface area contributed by atoms with E-state index in [9.17, 15) is 4.79 Å². The molecule has 1 N–H and O–H groups in total. The van der Waals surface area contributed by atoms with Crippen molar-refractivity contribution in [3.8, 4) is 0 Å². The largest absolute Gasteiger partial charge is 0.355 e. The summed E-state index contributed by atoms with van der Waals surface area (Å²) in [4.78, 5) is 14.3. The summed E-state index contributed by atoms with van der Waals surface area (Å²) >= 11 is 13.8. The average molecular weight is 361 g/mol. The summed E-state index contributed by atoms with van der Waals surface area (Å²) in [6, 6.07) is 5.57. The fraction of sp³-hybridized carbons (Fsp3) is 0.562. The second-order valence-electron chi connectivity index (χ2n) is 5.68. The highest BCUT2D eigenvalue weighted by Crippen LogP contribution is 2.24. The Hall–Kier alpha value is -0.420. The van der Waals surface area contributed by atoms with Crippen molar-refractivity contribution < 1.29 is 4.79 Å². The first-order valence-corrected chi connectivity index (χ1v) is 9.45. The minimum absolute atomic E-state index is 0.148. The molecule has 0 spiro atoms. The van der Waals surface area contributed by atoms with Crippen molar-refractivity contribution in [2.45, 2.75) is 18.6 Å². The highest BCUT2D eigenvalue weighted by molar-refractivity contribution is 7.98. The van der Waals surface area contributed by atoms with Crippen LogP contribution in [0.1, 0.15) is 18.4 Å². The molecule has 1 aliphatic heterocycles. The number of halogens is 2. The number of thioether (sulfide) groups is 1. The van der Waals surface area contributed by atoms with Gasteiger partial charge in [0.1, 0.15) is 0 Å². The van der Waals surface area contributed by atoms with Gasteiger partial charge in [-0.25, -0.2) is 0 Å². The van der Waals surface area contributed by atoms with Gasteiger partial charge >= 0.3 is 0 Å². The fourth-order valence-electron chi connectivity index (χ4n) is 2.59. The molecule has 0 bridgehead atoms. The monoisotopic (exact) mass is 360 g/mol. The Bertz CT molecular complexity index is 513. The van der Waals surface area contributed by atoms with Crippen molar-refractivity contribution in [3.63, 3.8) is 0 Å². The molecule has 1 unspecified atom stereocenters. The molecule has 1 heterocycles. The molecule has 2 rings (SSSR count). The van der Waals surface area contributed by atoms with Crippen LogP contribution in [-0.2, 0) is 10.5 Å². The first kappa shape index (κ1) is 17.9. The molecule has 1 aromatic carbocycles. The van der Waals surface area contributed by atoms with Gasteiger partial charge in [-0.2, -0.15) is 11.8 Å². The summed E-state index contributed by atoms with van der Waals surface area (Å²) in [6.07, 6.45) is 2.11. The van der Waals surface area contributed by atoms with E-state index in [4.69, 9.17) is 23.2 Å². The number of carbonyl (C=O) groups excluding carboxylic acids is 1. The third-order valence-electron chi connectivity index (χ3n) is 3.81. The molecule has 22 heavy (non-hydrogen) atoms. The van der Waals surface area contributed by atoms with Gasteiger partial charge < -0.3 is 10.2 Å². The Morgan fingerprint density at radius 3 is 3.00 bits per heavy atom. The van der Waals surface area contributed by atoms with Crippen LogP contribution in [0.2, 0.25) is 10.0 Å². The zero-order valence-electron chi connectivity index (χ0n) is 12.8. The number of rotatable bonds is 6. The quantitative estimate of drug-likeness (QED) is 0.785. The minimum Gasteiger partial charge on any atom is -0.355 e. The Morgan fingerprint density at radius 1 is 1.45 bits per heavy atom. The van der Waals surface area contributed by atoms with Crippen molar-refractivity contribution in [1.82, 2.24) is 10.2 Å². The Morgan fingerprint density at radius 2 is 2.27 bits per heavy atom. The molecule has 122 valence electrons. The fourth-order valence-corrected chi connectivity index (χ4v) is 4.01. The molecule has 1 aliphatic rings. The number of nitrogens with one attached hydrogen (secondary N) is 1. The van der Waals surface area contributed by atoms with E-state index in [1.54, 1.807) is 17.8 Å². The van der Waals surface area contributed by atoms with E-state index in [-0.39, 0.29) is 11.8 Å². The van der Waals surface area contributed by atoms with Gasteiger partial charge in [0.05, 0.1) is 5.92 Å². The minimum atomic E-state index is 0.148. The van der Waals surface area contributed by atoms with Crippen LogP contribution < -0.4 is 5.32 Å². The van der Waals surface area contributed by atoms with Crippen molar-refractivity contribution in [3.05, 3.63) is 33.8 Å². The smallest absolute Gasteiger partial charge is 0.224 e. The lowest BCUT2D eigenvalue weighted by Crippen LogP contribution is -2.41. The Kier molecular flexibility index (Phi) is 7.35. The SMILES string of the molecule is CN1CCCC(C(=O)NCCSCc2ccc(Cl)cc2Cl)C1. The highest BCUT2D eigenvalue weighted by atomic mass is 35.5. The number of carbonyl (C=O) groups is 1. The maximum absolute atomic E-state index is 12.1. The molecular formula is C16H22Cl2N2OS. The van der Waals surface area contributed by atoms with Gasteiger partial charge in [-0.3, -0.25) is 4.79 Å². The zero-order chi connectivity index (χ0) is 15.9. The molecule has 1 amide bonds. The van der Waals surface area contributed by atoms with Crippen LogP contribution in [0.4, 0.5) is 0 Å². The third kappa shape index (κ3) is 5.65. The first-order chi connectivity index (χ1) is 10.6. The number of amides is 1. The summed E-state index contributed by atoms with van der Waals surface area (Å²) in [5.41, 5.74) is 1.08. The second kappa shape index (κ2) is 9.02. The van der Waals surface area contributed by atoms with Gasteiger partial charge in [0.15, 0.2) is 0 Å². The molecule has 3 nitrogen and oxygen atoms in total. The van der Waals surface area contributed by atoms with E-state index in [2.05, 4.69) is 17.3 Å². The predicted molar refractivity (Wildman–Crippen MR) is 95.9 cm³/mol. The zero-order valence-corrected chi connectivity index (χ0v) is 15.1. The number of hydrogen-bond acceptors (Lipinski definition) is 3. The van der Waals surface area contributed by atoms with Crippen LogP contribution in [0, 0.1) is 5.92 Å². The van der Waals surface area contributed by atoms with Crippen molar-refractivity contribution in [1.29, 1.82) is 0 Å². The van der Waals surface area contributed by atoms with E-state index in [0.29, 0.717) is 16.6 Å². The first-order valence-electron chi connectivity index (χ1n) is 7.54. The van der Waals surface area contributed by atoms with Crippen LogP contribution in [0.15, 0.2) is 18.2 Å². The summed E-state index contributed by atoms with van der Waals surface area (Å²) in [6.45, 7) is 2.68. The van der Waals surface area contributed by atoms with Gasteiger partial charge in [0.25, 0.3) is 0 Å². The van der Waals surface area contributed by atoms with Gasteiger partial charge in [-0.05, 0) is 44.1 Å². The summed E-state index contributed by atoms with van der Waals surface area (Å²) < 4.78 is 0. The van der Waals surface area contributed by atoms with E-state index in [1.807, 2.05) is 12.1 Å². The summed E-state index contributed by atoms with van der Waals surface area (Å²) in [5, 5.41) is 4.40. The van der Waals surface area contributed by atoms with E-state index in [1.165, 1.54) is 0 Å². The molecule has 0 saturated carbocycles. The molecule has 1 fully saturated rings. The third-order valence-corrected chi connectivity index (χ3v) is 5.41. The Balaban J connectivity index is 1.63. The molecule has 0 aromatic heterocycles. The van der Waals surface area contributed by atoms with Crippen LogP contribution in [0.3, 0.4) is 0 Å². The van der Waals surface area contributed by atoms with Crippen LogP contribution >= 0.6 is 35.0 Å². The van der Waals surface area contributed by atoms with Gasteiger partial charge in [0, 0.05) is 34.6 Å². The number of piperidine rings is 1. The lowest BCUT2D eigenvalue weighted by molar-refractivity contribution is -0.126. The van der Waals surface area contributed by atoms with Crippen molar-refractivity contribution in [2.75, 3.05) is 32.4 Å². The van der Waals surface area contributed by atoms with E-state index >= 15 is 0 Å². The Labute approximate surface area is 146 Å². The lowest BCUT2D eigenvalue weighted by Gasteiger charge is -2.28. The predicted octanol–water partition coefficient (Wildman–Crippen LogP) is 3.68. The average Bonchev–Trinajstić information content (AvgIpc) is 2.48. The number of likely N-dealkylation sites (tertiary alicyclic amines) is 1. The number of hydrogen-bond donors (Lipinski definition) is 1. The van der Waals surface area contributed by atoms with E-state index < -0.39 is 0 Å². The molecule has 6 heteroatoms. The van der Waals surface area contributed by atoms with Gasteiger partial charge in [-0.15, -0.1) is 0 Å². The maximum Gasteiger partial charge on any atom is 0.224 e. The van der Waals surface area contributed by atoms with Crippen LogP contribution in [-0.4, -0.2) is 43.2 Å². The highest BCUT2D eigenvalue weighted by Gasteiger charge is 2.23. The molecule has 1 aromatic rings. The molecule has 0 aliphatic carbocycles. The number of nitrogens with zero attached hydrogens (tertiary/aromatic N) is 1. The standard InChI is InChI=1S/C16H22Cl2N2OS/c1-20-7-2-3-12(10-20)16(21)19-6-8-22-11-13-4-5-14(17)9-15(13)18/h4-5,9,12H,2-3,6-8,10-11H2,1H3,(H,19,21). The maximum atomic E-state index is 12.1. The molecule has 0 radical (unpaired) electrons. The van der Waals surface area contributed by atoms with Gasteiger partial charge in [-0.1, -0.05) is 29.3 Å². The second-order valence-corrected chi connectivity index (χ2v) is 7.63. The van der Waals surface area contributed by atoms with Gasteiger partial charge in [0.2, 0.25) is 5.91 Å². The number of benzene rings is 1. The molecule has 1 saturated heterocycles. The molecular weight excluding hydrogens is 339 g/mol. The normalized spacial score (nSPS) is 19.1. The van der Waals surface area contributed by atoms with Crippen molar-refractivity contribution >= 4 is 40.9 Å².